The van der Waals surface area contributed by atoms with Crippen LogP contribution in [-0.4, -0.2) is 5.78 Å². The molecule has 1 aliphatic rings. The molecule has 1 aliphatic carbocycles. The van der Waals surface area contributed by atoms with E-state index in [1.54, 1.807) is 0 Å². The van der Waals surface area contributed by atoms with Gasteiger partial charge in [-0.3, -0.25) is 0 Å². The lowest BCUT2D eigenvalue weighted by atomic mass is 9.99. The smallest absolute Gasteiger partial charge is 0.329 e. The zero-order chi connectivity index (χ0) is 4.41. The Hall–Kier alpha value is -0.530. The van der Waals surface area contributed by atoms with Crippen LogP contribution in [0.5, 0.6) is 0 Å². The highest BCUT2D eigenvalue weighted by molar-refractivity contribution is 5.83. The predicted octanol–water partition coefficient (Wildman–Crippen LogP) is -0.450. The van der Waals surface area contributed by atoms with Gasteiger partial charge in [0, 0.05) is 0 Å². The summed E-state index contributed by atoms with van der Waals surface area (Å²) in [5.74, 6) is 0.718. The van der Waals surface area contributed by atoms with Gasteiger partial charge >= 0.3 is 5.78 Å². The SMILES string of the molecule is [O-][O+]=C1CCC1. The molecule has 0 saturated heterocycles. The van der Waals surface area contributed by atoms with Crippen LogP contribution in [0.3, 0.4) is 0 Å². The average Bonchev–Trinajstić information content (AvgIpc) is 1.31. The fourth-order valence-electron chi connectivity index (χ4n) is 0.404. The van der Waals surface area contributed by atoms with Crippen molar-refractivity contribution in [2.75, 3.05) is 0 Å². The maximum atomic E-state index is 9.38. The molecule has 2 heteroatoms. The number of carbonyl (C=O) groups excluding carboxylic acids is 1. The Morgan fingerprint density at radius 3 is 2.17 bits per heavy atom. The van der Waals surface area contributed by atoms with Crippen LogP contribution in [0.1, 0.15) is 19.3 Å². The highest BCUT2D eigenvalue weighted by Gasteiger charge is 2.20. The lowest BCUT2D eigenvalue weighted by Crippen LogP contribution is -2.17. The van der Waals surface area contributed by atoms with E-state index in [0.29, 0.717) is 0 Å². The summed E-state index contributed by atoms with van der Waals surface area (Å²) in [6.45, 7) is 0. The van der Waals surface area contributed by atoms with Gasteiger partial charge in [0.05, 0.1) is 12.8 Å². The van der Waals surface area contributed by atoms with Crippen LogP contribution in [0, 0.1) is 0 Å². The van der Waals surface area contributed by atoms with Crippen LogP contribution in [0.2, 0.25) is 0 Å². The second-order valence-corrected chi connectivity index (χ2v) is 1.48. The summed E-state index contributed by atoms with van der Waals surface area (Å²) in [6, 6.07) is 0. The van der Waals surface area contributed by atoms with Gasteiger partial charge in [-0.15, -0.1) is 0 Å². The average molecular weight is 86.1 g/mol. The number of hydrogen-bond acceptors (Lipinski definition) is 1. The first-order valence-corrected chi connectivity index (χ1v) is 2.08. The molecule has 1 rings (SSSR count). The molecule has 0 amide bonds. The van der Waals surface area contributed by atoms with Gasteiger partial charge < -0.3 is 5.26 Å². The molecule has 0 unspecified atom stereocenters. The van der Waals surface area contributed by atoms with Gasteiger partial charge in [-0.2, -0.15) is 4.58 Å². The van der Waals surface area contributed by atoms with Crippen molar-refractivity contribution in [3.63, 3.8) is 0 Å². The lowest BCUT2D eigenvalue weighted by Gasteiger charge is -2.00. The minimum atomic E-state index is 0.718. The largest absolute Gasteiger partial charge is 0.463 e. The zero-order valence-corrected chi connectivity index (χ0v) is 3.44. The van der Waals surface area contributed by atoms with Crippen molar-refractivity contribution in [2.24, 2.45) is 0 Å². The Labute approximate surface area is 36.0 Å². The summed E-state index contributed by atoms with van der Waals surface area (Å²) < 4.78 is 3.65. The molecule has 1 fully saturated rings. The Morgan fingerprint density at radius 1 is 1.50 bits per heavy atom. The summed E-state index contributed by atoms with van der Waals surface area (Å²) >= 11 is 0. The molecule has 6 heavy (non-hydrogen) atoms. The minimum absolute atomic E-state index is 0.718. The van der Waals surface area contributed by atoms with Crippen molar-refractivity contribution in [3.8, 4) is 0 Å². The molecule has 34 valence electrons. The third kappa shape index (κ3) is 0.379. The van der Waals surface area contributed by atoms with E-state index in [1.165, 1.54) is 0 Å². The standard InChI is InChI=1S/C4H6O2/c5-6-4-2-1-3-4/h1-3H2. The summed E-state index contributed by atoms with van der Waals surface area (Å²) in [6.07, 6.45) is 2.92. The topological polar surface area (TPSA) is 34.4 Å². The molecule has 0 bridgehead atoms. The van der Waals surface area contributed by atoms with Gasteiger partial charge in [0.25, 0.3) is 0 Å². The van der Waals surface area contributed by atoms with Crippen LogP contribution >= 0.6 is 0 Å². The first-order valence-electron chi connectivity index (χ1n) is 2.08. The van der Waals surface area contributed by atoms with Gasteiger partial charge in [-0.25, -0.2) is 0 Å². The van der Waals surface area contributed by atoms with Gasteiger partial charge in [0.15, 0.2) is 0 Å². The van der Waals surface area contributed by atoms with Crippen molar-refractivity contribution >= 4 is 5.78 Å². The van der Waals surface area contributed by atoms with E-state index in [1.807, 2.05) is 0 Å². The number of hydrogen-bond donors (Lipinski definition) is 0. The first-order chi connectivity index (χ1) is 2.93. The third-order valence-corrected chi connectivity index (χ3v) is 1.03. The summed E-state index contributed by atoms with van der Waals surface area (Å²) in [4.78, 5) is 0. The molecule has 0 aromatic carbocycles. The van der Waals surface area contributed by atoms with Crippen molar-refractivity contribution in [3.05, 3.63) is 0 Å². The molecule has 2 nitrogen and oxygen atoms in total. The number of rotatable bonds is 0. The second kappa shape index (κ2) is 1.29. The molecule has 0 aliphatic heterocycles. The summed E-state index contributed by atoms with van der Waals surface area (Å²) in [5, 5.41) is 9.38. The van der Waals surface area contributed by atoms with Crippen molar-refractivity contribution < 1.29 is 9.83 Å². The molecule has 0 atom stereocenters. The predicted molar refractivity (Wildman–Crippen MR) is 18.9 cm³/mol. The lowest BCUT2D eigenvalue weighted by molar-refractivity contribution is -1.05. The van der Waals surface area contributed by atoms with Crippen LogP contribution in [0.4, 0.5) is 0 Å². The van der Waals surface area contributed by atoms with E-state index in [9.17, 15) is 5.26 Å². The molecule has 0 aromatic rings. The van der Waals surface area contributed by atoms with Crippen LogP contribution < -0.4 is 5.26 Å². The monoisotopic (exact) mass is 86.0 g/mol. The second-order valence-electron chi connectivity index (χ2n) is 1.48. The van der Waals surface area contributed by atoms with E-state index < -0.39 is 0 Å². The minimum Gasteiger partial charge on any atom is -0.463 e. The molecule has 0 heterocycles. The molecule has 1 saturated carbocycles. The van der Waals surface area contributed by atoms with Gasteiger partial charge in [-0.05, 0) is 6.42 Å². The van der Waals surface area contributed by atoms with E-state index in [2.05, 4.69) is 4.58 Å². The molecule has 0 spiro atoms. The highest BCUT2D eigenvalue weighted by Crippen LogP contribution is 2.11. The van der Waals surface area contributed by atoms with Crippen molar-refractivity contribution in [1.29, 1.82) is 0 Å². The van der Waals surface area contributed by atoms with E-state index in [0.717, 1.165) is 25.0 Å². The maximum Gasteiger partial charge on any atom is 0.329 e. The fourth-order valence-corrected chi connectivity index (χ4v) is 0.404. The molecule has 0 aromatic heterocycles. The molecule has 0 N–H and O–H groups in total. The van der Waals surface area contributed by atoms with Crippen molar-refractivity contribution in [2.45, 2.75) is 19.3 Å². The normalized spacial score (nSPS) is 19.7. The Balaban J connectivity index is 2.34. The van der Waals surface area contributed by atoms with Gasteiger partial charge in [0.1, 0.15) is 0 Å². The fraction of sp³-hybridized carbons (Fsp3) is 0.750. The zero-order valence-electron chi connectivity index (χ0n) is 3.44. The van der Waals surface area contributed by atoms with Gasteiger partial charge in [0.2, 0.25) is 0 Å². The maximum absolute atomic E-state index is 9.38. The van der Waals surface area contributed by atoms with Crippen molar-refractivity contribution in [1.82, 2.24) is 0 Å². The quantitative estimate of drug-likeness (QED) is 0.223. The Kier molecular flexibility index (Phi) is 0.783. The van der Waals surface area contributed by atoms with E-state index >= 15 is 0 Å². The van der Waals surface area contributed by atoms with Crippen LogP contribution in [0.25, 0.3) is 0 Å². The molecular weight excluding hydrogens is 80.0 g/mol. The number of ketones is 1. The third-order valence-electron chi connectivity index (χ3n) is 1.03. The summed E-state index contributed by atoms with van der Waals surface area (Å²) in [5.41, 5.74) is 0. The highest BCUT2D eigenvalue weighted by atomic mass is 17.1. The summed E-state index contributed by atoms with van der Waals surface area (Å²) in [7, 11) is 0. The Bertz CT molecular complexity index is 69.6. The van der Waals surface area contributed by atoms with Gasteiger partial charge in [-0.1, -0.05) is 0 Å². The van der Waals surface area contributed by atoms with E-state index in [4.69, 9.17) is 0 Å². The van der Waals surface area contributed by atoms with Crippen LogP contribution in [-0.2, 0) is 4.58 Å². The Morgan fingerprint density at radius 2 is 2.17 bits per heavy atom. The van der Waals surface area contributed by atoms with E-state index in [-0.39, 0.29) is 0 Å². The first kappa shape index (κ1) is 3.65. The molecular formula is C4H6O2. The molecule has 0 radical (unpaired) electrons. The van der Waals surface area contributed by atoms with Crippen LogP contribution in [0.15, 0.2) is 0 Å².